The zero-order chi connectivity index (χ0) is 16.9. The molecule has 2 aromatic carbocycles. The van der Waals surface area contributed by atoms with Gasteiger partial charge in [0.05, 0.1) is 8.95 Å². The van der Waals surface area contributed by atoms with E-state index in [9.17, 15) is 10.2 Å². The Balaban J connectivity index is 3.03. The van der Waals surface area contributed by atoms with Crippen molar-refractivity contribution >= 4 is 53.5 Å². The third-order valence-electron chi connectivity index (χ3n) is 4.02. The second kappa shape index (κ2) is 6.06. The number of nitrogen functional groups attached to an aromatic ring is 1. The fraction of sp³-hybridized carbons (Fsp3) is 0.250. The highest BCUT2D eigenvalue weighted by molar-refractivity contribution is 9.11. The van der Waals surface area contributed by atoms with E-state index in [0.717, 1.165) is 26.7 Å². The van der Waals surface area contributed by atoms with Crippen LogP contribution in [0.25, 0.3) is 11.1 Å². The molecule has 0 aliphatic rings. The first-order valence-corrected chi connectivity index (χ1v) is 8.93. The van der Waals surface area contributed by atoms with Crippen molar-refractivity contribution in [2.24, 2.45) is 0 Å². The molecule has 4 N–H and O–H groups in total. The lowest BCUT2D eigenvalue weighted by Gasteiger charge is -2.21. The minimum atomic E-state index is 0.0727. The molecule has 0 amide bonds. The smallest absolute Gasteiger partial charge is 0.139 e. The van der Waals surface area contributed by atoms with Gasteiger partial charge in [-0.3, -0.25) is 0 Å². The third kappa shape index (κ3) is 2.45. The zero-order valence-electron chi connectivity index (χ0n) is 12.6. The standard InChI is InChI=1S/C16H16Br3NO2/c1-5-9(6(2)14(20)7(3)11(5)17)10-13(19)15(21)8(4)12(18)16(10)22/h21-22H,20H2,1-4H3. The predicted molar refractivity (Wildman–Crippen MR) is 102 cm³/mol. The molecule has 0 bridgehead atoms. The number of rotatable bonds is 1. The van der Waals surface area contributed by atoms with Crippen LogP contribution in [0.4, 0.5) is 5.69 Å². The summed E-state index contributed by atoms with van der Waals surface area (Å²) >= 11 is 10.3. The summed E-state index contributed by atoms with van der Waals surface area (Å²) in [6, 6.07) is 0. The van der Waals surface area contributed by atoms with Gasteiger partial charge < -0.3 is 15.9 Å². The first-order valence-electron chi connectivity index (χ1n) is 6.55. The van der Waals surface area contributed by atoms with Crippen molar-refractivity contribution in [1.29, 1.82) is 0 Å². The Kier molecular flexibility index (Phi) is 4.85. The van der Waals surface area contributed by atoms with Gasteiger partial charge in [0, 0.05) is 21.3 Å². The van der Waals surface area contributed by atoms with Crippen molar-refractivity contribution in [2.45, 2.75) is 27.7 Å². The van der Waals surface area contributed by atoms with E-state index in [0.29, 0.717) is 25.8 Å². The summed E-state index contributed by atoms with van der Waals surface area (Å²) in [6.07, 6.45) is 0. The van der Waals surface area contributed by atoms with E-state index in [-0.39, 0.29) is 11.5 Å². The number of hydrogen-bond donors (Lipinski definition) is 3. The van der Waals surface area contributed by atoms with E-state index in [1.165, 1.54) is 0 Å². The van der Waals surface area contributed by atoms with Crippen LogP contribution in [0.5, 0.6) is 11.5 Å². The molecule has 2 rings (SSSR count). The van der Waals surface area contributed by atoms with Crippen LogP contribution in [0.2, 0.25) is 0 Å². The summed E-state index contributed by atoms with van der Waals surface area (Å²) in [5.74, 6) is 0.164. The predicted octanol–water partition coefficient (Wildman–Crippen LogP) is 5.87. The topological polar surface area (TPSA) is 66.5 Å². The van der Waals surface area contributed by atoms with Crippen LogP contribution in [0.3, 0.4) is 0 Å². The van der Waals surface area contributed by atoms with Crippen molar-refractivity contribution in [1.82, 2.24) is 0 Å². The molecule has 0 atom stereocenters. The minimum Gasteiger partial charge on any atom is -0.506 e. The first kappa shape index (κ1) is 17.6. The number of phenolic OH excluding ortho intramolecular Hbond substituents is 2. The normalized spacial score (nSPS) is 11.0. The number of hydrogen-bond acceptors (Lipinski definition) is 3. The van der Waals surface area contributed by atoms with Gasteiger partial charge in [-0.1, -0.05) is 15.9 Å². The van der Waals surface area contributed by atoms with Gasteiger partial charge in [0.25, 0.3) is 0 Å². The highest BCUT2D eigenvalue weighted by Gasteiger charge is 2.24. The monoisotopic (exact) mass is 491 g/mol. The highest BCUT2D eigenvalue weighted by Crippen LogP contribution is 2.51. The Morgan fingerprint density at radius 1 is 0.636 bits per heavy atom. The van der Waals surface area contributed by atoms with Crippen LogP contribution in [0.15, 0.2) is 13.4 Å². The molecular weight excluding hydrogens is 478 g/mol. The largest absolute Gasteiger partial charge is 0.506 e. The minimum absolute atomic E-state index is 0.0727. The first-order chi connectivity index (χ1) is 10.1. The van der Waals surface area contributed by atoms with E-state index < -0.39 is 0 Å². The van der Waals surface area contributed by atoms with Gasteiger partial charge in [0.2, 0.25) is 0 Å². The molecule has 3 nitrogen and oxygen atoms in total. The number of halogens is 3. The molecule has 0 unspecified atom stereocenters. The van der Waals surface area contributed by atoms with E-state index in [1.807, 2.05) is 20.8 Å². The Hall–Kier alpha value is -0.720. The van der Waals surface area contributed by atoms with E-state index in [1.54, 1.807) is 6.92 Å². The fourth-order valence-electron chi connectivity index (χ4n) is 2.59. The molecule has 0 fully saturated rings. The summed E-state index contributed by atoms with van der Waals surface area (Å²) in [7, 11) is 0. The van der Waals surface area contributed by atoms with Gasteiger partial charge in [-0.15, -0.1) is 0 Å². The number of phenols is 2. The van der Waals surface area contributed by atoms with Crippen LogP contribution in [-0.2, 0) is 0 Å². The zero-order valence-corrected chi connectivity index (χ0v) is 17.4. The lowest BCUT2D eigenvalue weighted by molar-refractivity contribution is 0.452. The molecule has 0 aliphatic heterocycles. The summed E-state index contributed by atoms with van der Waals surface area (Å²) < 4.78 is 1.82. The SMILES string of the molecule is Cc1c(N)c(C)c(-c2c(O)c(Br)c(C)c(O)c2Br)c(C)c1Br. The van der Waals surface area contributed by atoms with Gasteiger partial charge in [0.1, 0.15) is 11.5 Å². The lowest BCUT2D eigenvalue weighted by atomic mass is 9.91. The van der Waals surface area contributed by atoms with Crippen molar-refractivity contribution < 1.29 is 10.2 Å². The van der Waals surface area contributed by atoms with Gasteiger partial charge in [-0.25, -0.2) is 0 Å². The van der Waals surface area contributed by atoms with Gasteiger partial charge in [-0.05, 0) is 81.8 Å². The van der Waals surface area contributed by atoms with Crippen LogP contribution in [0.1, 0.15) is 22.3 Å². The number of anilines is 1. The Morgan fingerprint density at radius 3 is 1.73 bits per heavy atom. The van der Waals surface area contributed by atoms with E-state index in [4.69, 9.17) is 5.73 Å². The van der Waals surface area contributed by atoms with Gasteiger partial charge in [0.15, 0.2) is 0 Å². The molecule has 6 heteroatoms. The van der Waals surface area contributed by atoms with Gasteiger partial charge >= 0.3 is 0 Å². The summed E-state index contributed by atoms with van der Waals surface area (Å²) in [5.41, 5.74) is 11.5. The molecule has 0 radical (unpaired) electrons. The Bertz CT molecular complexity index is 675. The van der Waals surface area contributed by atoms with Crippen LogP contribution >= 0.6 is 47.8 Å². The number of nitrogens with two attached hydrogens (primary N) is 1. The number of benzene rings is 2. The summed E-state index contributed by atoms with van der Waals surface area (Å²) in [4.78, 5) is 0. The Morgan fingerprint density at radius 2 is 1.18 bits per heavy atom. The molecule has 2 aromatic rings. The molecule has 0 spiro atoms. The van der Waals surface area contributed by atoms with Crippen LogP contribution < -0.4 is 5.73 Å². The quantitative estimate of drug-likeness (QED) is 0.344. The van der Waals surface area contributed by atoms with Crippen LogP contribution in [-0.4, -0.2) is 10.2 Å². The van der Waals surface area contributed by atoms with Crippen LogP contribution in [0, 0.1) is 27.7 Å². The van der Waals surface area contributed by atoms with Crippen molar-refractivity contribution in [3.63, 3.8) is 0 Å². The molecular formula is C16H16Br3NO2. The van der Waals surface area contributed by atoms with Gasteiger partial charge in [-0.2, -0.15) is 0 Å². The second-order valence-electron chi connectivity index (χ2n) is 5.30. The molecule has 0 aliphatic carbocycles. The lowest BCUT2D eigenvalue weighted by Crippen LogP contribution is -2.02. The van der Waals surface area contributed by atoms with Crippen molar-refractivity contribution in [2.75, 3.05) is 5.73 Å². The van der Waals surface area contributed by atoms with Crippen molar-refractivity contribution in [3.05, 3.63) is 35.7 Å². The molecule has 22 heavy (non-hydrogen) atoms. The molecule has 0 saturated carbocycles. The Labute approximate surface area is 154 Å². The highest BCUT2D eigenvalue weighted by atomic mass is 79.9. The number of aromatic hydroxyl groups is 2. The maximum atomic E-state index is 10.6. The summed E-state index contributed by atoms with van der Waals surface area (Å²) in [6.45, 7) is 7.54. The van der Waals surface area contributed by atoms with E-state index >= 15 is 0 Å². The third-order valence-corrected chi connectivity index (χ3v) is 6.95. The summed E-state index contributed by atoms with van der Waals surface area (Å²) in [5, 5.41) is 20.9. The molecule has 0 saturated heterocycles. The fourth-order valence-corrected chi connectivity index (χ4v) is 4.07. The maximum absolute atomic E-state index is 10.6. The molecule has 0 aromatic heterocycles. The van der Waals surface area contributed by atoms with Crippen molar-refractivity contribution in [3.8, 4) is 22.6 Å². The average molecular weight is 494 g/mol. The molecule has 118 valence electrons. The second-order valence-corrected chi connectivity index (χ2v) is 7.68. The average Bonchev–Trinajstić information content (AvgIpc) is 2.50. The maximum Gasteiger partial charge on any atom is 0.139 e. The van der Waals surface area contributed by atoms with E-state index in [2.05, 4.69) is 47.8 Å². The molecule has 0 heterocycles.